The van der Waals surface area contributed by atoms with E-state index in [1.165, 1.54) is 12.1 Å². The van der Waals surface area contributed by atoms with Gasteiger partial charge in [-0.3, -0.25) is 0 Å². The largest absolute Gasteiger partial charge is 0.383 e. The monoisotopic (exact) mass is 335 g/mol. The standard InChI is InChI=1S/C14H20BrClFN/c1-8(2)11(9(3)4)7-18-14-12(15)5-10(17)6-13(14)16/h5-6,8-9,11,18H,7H2,1-4H3. The third kappa shape index (κ3) is 4.13. The number of anilines is 1. The zero-order valence-corrected chi connectivity index (χ0v) is 13.6. The Balaban J connectivity index is 2.80. The van der Waals surface area contributed by atoms with Crippen LogP contribution < -0.4 is 5.32 Å². The van der Waals surface area contributed by atoms with Crippen molar-refractivity contribution in [2.75, 3.05) is 11.9 Å². The van der Waals surface area contributed by atoms with Crippen molar-refractivity contribution < 1.29 is 4.39 Å². The van der Waals surface area contributed by atoms with E-state index in [1.54, 1.807) is 0 Å². The molecule has 4 heteroatoms. The van der Waals surface area contributed by atoms with Gasteiger partial charge in [-0.2, -0.15) is 0 Å². The van der Waals surface area contributed by atoms with Crippen molar-refractivity contribution in [1.29, 1.82) is 0 Å². The van der Waals surface area contributed by atoms with Crippen LogP contribution in [0.1, 0.15) is 27.7 Å². The van der Waals surface area contributed by atoms with Crippen molar-refractivity contribution in [3.63, 3.8) is 0 Å². The van der Waals surface area contributed by atoms with E-state index in [-0.39, 0.29) is 5.82 Å². The zero-order chi connectivity index (χ0) is 13.9. The summed E-state index contributed by atoms with van der Waals surface area (Å²) in [5, 5.41) is 3.74. The van der Waals surface area contributed by atoms with Gasteiger partial charge >= 0.3 is 0 Å². The minimum absolute atomic E-state index is 0.332. The van der Waals surface area contributed by atoms with Gasteiger partial charge in [-0.1, -0.05) is 39.3 Å². The Morgan fingerprint density at radius 3 is 2.22 bits per heavy atom. The highest BCUT2D eigenvalue weighted by Gasteiger charge is 2.18. The van der Waals surface area contributed by atoms with Crippen molar-refractivity contribution >= 4 is 33.2 Å². The lowest BCUT2D eigenvalue weighted by atomic mass is 9.85. The van der Waals surface area contributed by atoms with E-state index in [2.05, 4.69) is 48.9 Å². The second-order valence-electron chi connectivity index (χ2n) is 5.28. The first-order chi connectivity index (χ1) is 8.32. The minimum atomic E-state index is -0.332. The van der Waals surface area contributed by atoms with Gasteiger partial charge in [0.25, 0.3) is 0 Å². The zero-order valence-electron chi connectivity index (χ0n) is 11.2. The van der Waals surface area contributed by atoms with E-state index < -0.39 is 0 Å². The second kappa shape index (κ2) is 6.76. The molecule has 1 N–H and O–H groups in total. The maximum Gasteiger partial charge on any atom is 0.125 e. The molecule has 0 unspecified atom stereocenters. The molecular weight excluding hydrogens is 317 g/mol. The van der Waals surface area contributed by atoms with Crippen molar-refractivity contribution in [1.82, 2.24) is 0 Å². The Kier molecular flexibility index (Phi) is 5.93. The summed E-state index contributed by atoms with van der Waals surface area (Å²) in [5.41, 5.74) is 0.768. The number of hydrogen-bond acceptors (Lipinski definition) is 1. The molecule has 0 heterocycles. The highest BCUT2D eigenvalue weighted by Crippen LogP contribution is 2.32. The molecule has 18 heavy (non-hydrogen) atoms. The molecule has 0 atom stereocenters. The summed E-state index contributed by atoms with van der Waals surface area (Å²) in [5.74, 6) is 1.41. The van der Waals surface area contributed by atoms with Crippen LogP contribution in [0.2, 0.25) is 5.02 Å². The fraction of sp³-hybridized carbons (Fsp3) is 0.571. The summed E-state index contributed by atoms with van der Waals surface area (Å²) < 4.78 is 13.8. The molecular formula is C14H20BrClFN. The highest BCUT2D eigenvalue weighted by atomic mass is 79.9. The van der Waals surface area contributed by atoms with Crippen molar-refractivity contribution in [2.24, 2.45) is 17.8 Å². The molecule has 0 saturated heterocycles. The number of hydrogen-bond donors (Lipinski definition) is 1. The van der Waals surface area contributed by atoms with Gasteiger partial charge in [0, 0.05) is 11.0 Å². The van der Waals surface area contributed by atoms with Gasteiger partial charge in [0.2, 0.25) is 0 Å². The van der Waals surface area contributed by atoms with Gasteiger partial charge in [-0.15, -0.1) is 0 Å². The maximum absolute atomic E-state index is 13.1. The average molecular weight is 337 g/mol. The van der Waals surface area contributed by atoms with Gasteiger partial charge in [0.1, 0.15) is 5.82 Å². The van der Waals surface area contributed by atoms with E-state index in [0.29, 0.717) is 27.2 Å². The summed E-state index contributed by atoms with van der Waals surface area (Å²) >= 11 is 9.38. The van der Waals surface area contributed by atoms with Crippen LogP contribution in [0.15, 0.2) is 16.6 Å². The quantitative estimate of drug-likeness (QED) is 0.740. The molecule has 0 amide bonds. The molecule has 0 aliphatic rings. The van der Waals surface area contributed by atoms with Gasteiger partial charge in [0.15, 0.2) is 0 Å². The number of nitrogens with one attached hydrogen (secondary N) is 1. The third-order valence-electron chi connectivity index (χ3n) is 3.23. The van der Waals surface area contributed by atoms with E-state index in [1.807, 2.05) is 0 Å². The lowest BCUT2D eigenvalue weighted by Crippen LogP contribution is -2.24. The lowest BCUT2D eigenvalue weighted by molar-refractivity contribution is 0.304. The minimum Gasteiger partial charge on any atom is -0.383 e. The van der Waals surface area contributed by atoms with Crippen LogP contribution in [-0.4, -0.2) is 6.54 Å². The number of rotatable bonds is 5. The Hall–Kier alpha value is -0.280. The summed E-state index contributed by atoms with van der Waals surface area (Å²) in [6.07, 6.45) is 0. The number of benzene rings is 1. The predicted octanol–water partition coefficient (Wildman–Crippen LogP) is 5.58. The maximum atomic E-state index is 13.1. The molecule has 1 rings (SSSR count). The Morgan fingerprint density at radius 1 is 1.22 bits per heavy atom. The van der Waals surface area contributed by atoms with Crippen molar-refractivity contribution in [3.05, 3.63) is 27.4 Å². The van der Waals surface area contributed by atoms with E-state index in [4.69, 9.17) is 11.6 Å². The molecule has 0 spiro atoms. The van der Waals surface area contributed by atoms with Crippen molar-refractivity contribution in [2.45, 2.75) is 27.7 Å². The molecule has 0 aromatic heterocycles. The third-order valence-corrected chi connectivity index (χ3v) is 4.16. The first kappa shape index (κ1) is 15.8. The Labute approximate surface area is 122 Å². The van der Waals surface area contributed by atoms with Crippen molar-refractivity contribution in [3.8, 4) is 0 Å². The molecule has 0 bridgehead atoms. The smallest absolute Gasteiger partial charge is 0.125 e. The van der Waals surface area contributed by atoms with Crippen LogP contribution >= 0.6 is 27.5 Å². The summed E-state index contributed by atoms with van der Waals surface area (Å²) in [6, 6.07) is 2.75. The molecule has 0 saturated carbocycles. The lowest BCUT2D eigenvalue weighted by Gasteiger charge is -2.26. The number of halogens is 3. The van der Waals surface area contributed by atoms with Crippen LogP contribution in [0.4, 0.5) is 10.1 Å². The molecule has 102 valence electrons. The average Bonchev–Trinajstić information content (AvgIpc) is 2.20. The van der Waals surface area contributed by atoms with Gasteiger partial charge in [-0.25, -0.2) is 4.39 Å². The first-order valence-electron chi connectivity index (χ1n) is 6.21. The van der Waals surface area contributed by atoms with Gasteiger partial charge < -0.3 is 5.32 Å². The molecule has 0 fully saturated rings. The van der Waals surface area contributed by atoms with Gasteiger partial charge in [-0.05, 0) is 45.8 Å². The van der Waals surface area contributed by atoms with Crippen LogP contribution in [0.3, 0.4) is 0 Å². The molecule has 1 aromatic carbocycles. The van der Waals surface area contributed by atoms with Crippen LogP contribution in [0.5, 0.6) is 0 Å². The Bertz CT molecular complexity index is 376. The fourth-order valence-electron chi connectivity index (χ4n) is 2.17. The molecule has 0 aliphatic carbocycles. The molecule has 0 aliphatic heterocycles. The second-order valence-corrected chi connectivity index (χ2v) is 6.54. The van der Waals surface area contributed by atoms with E-state index >= 15 is 0 Å². The SMILES string of the molecule is CC(C)C(CNc1c(Cl)cc(F)cc1Br)C(C)C. The predicted molar refractivity (Wildman–Crippen MR) is 80.8 cm³/mol. The summed E-state index contributed by atoms with van der Waals surface area (Å²) in [6.45, 7) is 9.70. The van der Waals surface area contributed by atoms with Gasteiger partial charge in [0.05, 0.1) is 10.7 Å². The van der Waals surface area contributed by atoms with Crippen LogP contribution in [-0.2, 0) is 0 Å². The molecule has 1 nitrogen and oxygen atoms in total. The normalized spacial score (nSPS) is 11.7. The van der Waals surface area contributed by atoms with Crippen LogP contribution in [0.25, 0.3) is 0 Å². The Morgan fingerprint density at radius 2 is 1.78 bits per heavy atom. The molecule has 1 aromatic rings. The fourth-order valence-corrected chi connectivity index (χ4v) is 3.13. The summed E-state index contributed by atoms with van der Waals surface area (Å²) in [7, 11) is 0. The topological polar surface area (TPSA) is 12.0 Å². The summed E-state index contributed by atoms with van der Waals surface area (Å²) in [4.78, 5) is 0. The van der Waals surface area contributed by atoms with Crippen LogP contribution in [0, 0.1) is 23.6 Å². The first-order valence-corrected chi connectivity index (χ1v) is 7.38. The highest BCUT2D eigenvalue weighted by molar-refractivity contribution is 9.10. The van der Waals surface area contributed by atoms with E-state index in [0.717, 1.165) is 12.2 Å². The molecule has 0 radical (unpaired) electrons. The van der Waals surface area contributed by atoms with E-state index in [9.17, 15) is 4.39 Å².